The smallest absolute Gasteiger partial charge is 0.273 e. The van der Waals surface area contributed by atoms with Gasteiger partial charge in [0.2, 0.25) is 0 Å². The maximum Gasteiger partial charge on any atom is 0.273 e. The summed E-state index contributed by atoms with van der Waals surface area (Å²) in [6, 6.07) is 0. The Balaban J connectivity index is 1.45. The standard InChI is InChI=1S/C16H24N2O2S/c1-12(2)9-20-13-7-16(8-13)3-5-18(6-4-16)15(19)14-10-21-11-17-14/h10-13H,3-9H2,1-2H3. The quantitative estimate of drug-likeness (QED) is 0.858. The Morgan fingerprint density at radius 3 is 2.76 bits per heavy atom. The molecule has 0 atom stereocenters. The molecule has 21 heavy (non-hydrogen) atoms. The Kier molecular flexibility index (Phi) is 4.31. The maximum absolute atomic E-state index is 12.3. The number of thiazole rings is 1. The van der Waals surface area contributed by atoms with Crippen LogP contribution in [0.4, 0.5) is 0 Å². The number of hydrogen-bond donors (Lipinski definition) is 0. The van der Waals surface area contributed by atoms with Crippen LogP contribution in [0.25, 0.3) is 0 Å². The summed E-state index contributed by atoms with van der Waals surface area (Å²) in [6.07, 6.45) is 5.04. The zero-order chi connectivity index (χ0) is 14.9. The normalized spacial score (nSPS) is 21.8. The molecule has 0 N–H and O–H groups in total. The van der Waals surface area contributed by atoms with Crippen LogP contribution in [-0.2, 0) is 4.74 Å². The molecule has 1 aliphatic carbocycles. The van der Waals surface area contributed by atoms with Gasteiger partial charge in [0.25, 0.3) is 5.91 Å². The highest BCUT2D eigenvalue weighted by molar-refractivity contribution is 7.07. The van der Waals surface area contributed by atoms with E-state index in [1.807, 2.05) is 10.3 Å². The van der Waals surface area contributed by atoms with Crippen molar-refractivity contribution >= 4 is 17.2 Å². The van der Waals surface area contributed by atoms with Gasteiger partial charge in [0, 0.05) is 25.1 Å². The van der Waals surface area contributed by atoms with Crippen molar-refractivity contribution in [2.24, 2.45) is 11.3 Å². The summed E-state index contributed by atoms with van der Waals surface area (Å²) in [6.45, 7) is 6.99. The van der Waals surface area contributed by atoms with Gasteiger partial charge in [-0.3, -0.25) is 4.79 Å². The predicted octanol–water partition coefficient (Wildman–Crippen LogP) is 3.20. The van der Waals surface area contributed by atoms with Crippen LogP contribution in [-0.4, -0.2) is 41.6 Å². The second kappa shape index (κ2) is 6.05. The molecule has 116 valence electrons. The fourth-order valence-electron chi connectivity index (χ4n) is 3.43. The molecular weight excluding hydrogens is 284 g/mol. The van der Waals surface area contributed by atoms with E-state index >= 15 is 0 Å². The van der Waals surface area contributed by atoms with Gasteiger partial charge >= 0.3 is 0 Å². The largest absolute Gasteiger partial charge is 0.378 e. The van der Waals surface area contributed by atoms with Crippen LogP contribution in [0.5, 0.6) is 0 Å². The number of rotatable bonds is 4. The zero-order valence-electron chi connectivity index (χ0n) is 12.9. The summed E-state index contributed by atoms with van der Waals surface area (Å²) in [5.41, 5.74) is 2.77. The van der Waals surface area contributed by atoms with Gasteiger partial charge < -0.3 is 9.64 Å². The summed E-state index contributed by atoms with van der Waals surface area (Å²) in [5, 5.41) is 1.84. The molecule has 5 heteroatoms. The van der Waals surface area contributed by atoms with Crippen LogP contribution in [0.3, 0.4) is 0 Å². The predicted molar refractivity (Wildman–Crippen MR) is 83.5 cm³/mol. The van der Waals surface area contributed by atoms with E-state index in [-0.39, 0.29) is 5.91 Å². The molecule has 1 spiro atoms. The second-order valence-electron chi connectivity index (χ2n) is 6.92. The third-order valence-electron chi connectivity index (χ3n) is 4.75. The van der Waals surface area contributed by atoms with Crippen LogP contribution in [0.15, 0.2) is 10.9 Å². The minimum absolute atomic E-state index is 0.0954. The molecule has 0 aromatic carbocycles. The summed E-state index contributed by atoms with van der Waals surface area (Å²) in [5.74, 6) is 0.706. The number of aromatic nitrogens is 1. The summed E-state index contributed by atoms with van der Waals surface area (Å²) < 4.78 is 5.91. The van der Waals surface area contributed by atoms with Gasteiger partial charge in [-0.25, -0.2) is 4.98 Å². The molecule has 0 radical (unpaired) electrons. The van der Waals surface area contributed by atoms with Crippen LogP contribution >= 0.6 is 11.3 Å². The Labute approximate surface area is 130 Å². The van der Waals surface area contributed by atoms with Crippen LogP contribution in [0.2, 0.25) is 0 Å². The lowest BCUT2D eigenvalue weighted by molar-refractivity contribution is -0.107. The molecule has 4 nitrogen and oxygen atoms in total. The number of hydrogen-bond acceptors (Lipinski definition) is 4. The Bertz CT molecular complexity index is 470. The van der Waals surface area contributed by atoms with E-state index in [1.54, 1.807) is 5.51 Å². The van der Waals surface area contributed by atoms with E-state index in [4.69, 9.17) is 4.74 Å². The first-order valence-corrected chi connectivity index (χ1v) is 8.81. The third-order valence-corrected chi connectivity index (χ3v) is 5.34. The van der Waals surface area contributed by atoms with Gasteiger partial charge in [-0.15, -0.1) is 11.3 Å². The summed E-state index contributed by atoms with van der Waals surface area (Å²) in [4.78, 5) is 18.3. The fraction of sp³-hybridized carbons (Fsp3) is 0.750. The average Bonchev–Trinajstić information content (AvgIpc) is 2.96. The monoisotopic (exact) mass is 308 g/mol. The van der Waals surface area contributed by atoms with Crippen molar-refractivity contribution in [3.63, 3.8) is 0 Å². The van der Waals surface area contributed by atoms with E-state index in [0.717, 1.165) is 32.5 Å². The number of amides is 1. The van der Waals surface area contributed by atoms with Gasteiger partial charge in [-0.05, 0) is 37.0 Å². The van der Waals surface area contributed by atoms with Gasteiger partial charge in [0.05, 0.1) is 11.6 Å². The van der Waals surface area contributed by atoms with Crippen molar-refractivity contribution in [3.05, 3.63) is 16.6 Å². The topological polar surface area (TPSA) is 42.4 Å². The van der Waals surface area contributed by atoms with E-state index in [9.17, 15) is 4.79 Å². The SMILES string of the molecule is CC(C)COC1CC2(CCN(C(=O)c3cscn3)CC2)C1. The molecule has 1 aliphatic heterocycles. The maximum atomic E-state index is 12.3. The number of ether oxygens (including phenoxy) is 1. The van der Waals surface area contributed by atoms with Crippen molar-refractivity contribution in [1.82, 2.24) is 9.88 Å². The highest BCUT2D eigenvalue weighted by Crippen LogP contribution is 2.50. The lowest BCUT2D eigenvalue weighted by Crippen LogP contribution is -2.51. The van der Waals surface area contributed by atoms with Gasteiger partial charge in [-0.1, -0.05) is 13.8 Å². The first-order valence-electron chi connectivity index (χ1n) is 7.87. The number of carbonyl (C=O) groups is 1. The number of nitrogens with zero attached hydrogens (tertiary/aromatic N) is 2. The number of likely N-dealkylation sites (tertiary alicyclic amines) is 1. The van der Waals surface area contributed by atoms with Crippen molar-refractivity contribution in [2.45, 2.75) is 45.6 Å². The van der Waals surface area contributed by atoms with Crippen molar-refractivity contribution in [3.8, 4) is 0 Å². The first kappa shape index (κ1) is 15.0. The second-order valence-corrected chi connectivity index (χ2v) is 7.64. The minimum atomic E-state index is 0.0954. The minimum Gasteiger partial charge on any atom is -0.378 e. The molecule has 2 aliphatic rings. The number of carbonyl (C=O) groups excluding carboxylic acids is 1. The molecule has 2 heterocycles. The molecule has 3 rings (SSSR count). The number of piperidine rings is 1. The first-order chi connectivity index (χ1) is 10.1. The molecule has 0 unspecified atom stereocenters. The third kappa shape index (κ3) is 3.29. The van der Waals surface area contributed by atoms with Crippen molar-refractivity contribution in [1.29, 1.82) is 0 Å². The molecule has 1 amide bonds. The fourth-order valence-corrected chi connectivity index (χ4v) is 3.95. The average molecular weight is 308 g/mol. The van der Waals surface area contributed by atoms with E-state index < -0.39 is 0 Å². The Morgan fingerprint density at radius 2 is 2.19 bits per heavy atom. The zero-order valence-corrected chi connectivity index (χ0v) is 13.7. The molecule has 0 bridgehead atoms. The molecule has 1 saturated carbocycles. The highest BCUT2D eigenvalue weighted by atomic mass is 32.1. The summed E-state index contributed by atoms with van der Waals surface area (Å²) in [7, 11) is 0. The Hall–Kier alpha value is -0.940. The van der Waals surface area contributed by atoms with Crippen LogP contribution in [0.1, 0.15) is 50.0 Å². The Morgan fingerprint density at radius 1 is 1.48 bits per heavy atom. The highest BCUT2D eigenvalue weighted by Gasteiger charge is 2.47. The van der Waals surface area contributed by atoms with Gasteiger partial charge in [0.1, 0.15) is 5.69 Å². The molecule has 1 saturated heterocycles. The molecule has 1 aromatic heterocycles. The lowest BCUT2D eigenvalue weighted by atomic mass is 9.61. The summed E-state index contributed by atoms with van der Waals surface area (Å²) >= 11 is 1.48. The van der Waals surface area contributed by atoms with Crippen molar-refractivity contribution < 1.29 is 9.53 Å². The van der Waals surface area contributed by atoms with Gasteiger partial charge in [0.15, 0.2) is 0 Å². The lowest BCUT2D eigenvalue weighted by Gasteiger charge is -2.52. The van der Waals surface area contributed by atoms with Crippen LogP contribution in [0, 0.1) is 11.3 Å². The molecular formula is C16H24N2O2S. The van der Waals surface area contributed by atoms with Gasteiger partial charge in [-0.2, -0.15) is 0 Å². The van der Waals surface area contributed by atoms with Crippen LogP contribution < -0.4 is 0 Å². The van der Waals surface area contributed by atoms with E-state index in [2.05, 4.69) is 18.8 Å². The molecule has 2 fully saturated rings. The van der Waals surface area contributed by atoms with Crippen molar-refractivity contribution in [2.75, 3.05) is 19.7 Å². The molecule has 1 aromatic rings. The van der Waals surface area contributed by atoms with E-state index in [0.29, 0.717) is 23.1 Å². The van der Waals surface area contributed by atoms with E-state index in [1.165, 1.54) is 24.2 Å².